The Balaban J connectivity index is 1.20. The summed E-state index contributed by atoms with van der Waals surface area (Å²) in [6, 6.07) is 47.6. The Kier molecular flexibility index (Phi) is 11.4. The Hall–Kier alpha value is -7.20. The number of phenolic OH excluding ortho intramolecular Hbond substituents is 1. The van der Waals surface area contributed by atoms with E-state index in [1.54, 1.807) is 24.3 Å². The molecule has 4 N–H and O–H groups in total. The summed E-state index contributed by atoms with van der Waals surface area (Å²) < 4.78 is 20.8. The monoisotopic (exact) mass is 760 g/mol. The van der Waals surface area contributed by atoms with Gasteiger partial charge in [-0.25, -0.2) is 4.39 Å². The van der Waals surface area contributed by atoms with Crippen LogP contribution in [0.1, 0.15) is 45.6 Å². The van der Waals surface area contributed by atoms with Gasteiger partial charge in [0, 0.05) is 35.6 Å². The van der Waals surface area contributed by atoms with Crippen molar-refractivity contribution in [1.29, 1.82) is 0 Å². The van der Waals surface area contributed by atoms with Gasteiger partial charge in [-0.2, -0.15) is 0 Å². The number of fused-ring (bicyclic) bond motifs is 1. The largest absolute Gasteiger partial charge is 0.504 e. The predicted octanol–water partition coefficient (Wildman–Crippen LogP) is 8.17. The maximum absolute atomic E-state index is 14.3. The summed E-state index contributed by atoms with van der Waals surface area (Å²) in [5.41, 5.74) is 3.54. The second kappa shape index (κ2) is 17.1. The molecular weight excluding hydrogens is 720 g/mol. The van der Waals surface area contributed by atoms with Crippen LogP contribution in [-0.2, 0) is 21.7 Å². The summed E-state index contributed by atoms with van der Waals surface area (Å²) in [7, 11) is 1.42. The number of benzene rings is 6. The number of ether oxygens (including phenoxy) is 1. The highest BCUT2D eigenvalue weighted by molar-refractivity contribution is 6.03. The number of aromatic nitrogens is 1. The van der Waals surface area contributed by atoms with Gasteiger partial charge >= 0.3 is 0 Å². The number of hydrogen-bond acceptors (Lipinski definition) is 5. The minimum atomic E-state index is -1.19. The molecule has 0 fully saturated rings. The quantitative estimate of drug-likeness (QED) is 0.0834. The van der Waals surface area contributed by atoms with E-state index in [-0.39, 0.29) is 54.0 Å². The van der Waals surface area contributed by atoms with Crippen LogP contribution in [0.5, 0.6) is 11.5 Å². The molecule has 0 radical (unpaired) electrons. The lowest BCUT2D eigenvalue weighted by Crippen LogP contribution is -2.49. The van der Waals surface area contributed by atoms with Gasteiger partial charge in [0.25, 0.3) is 5.91 Å². The Labute approximate surface area is 329 Å². The highest BCUT2D eigenvalue weighted by Gasteiger charge is 2.38. The van der Waals surface area contributed by atoms with Crippen LogP contribution in [0.4, 0.5) is 10.1 Å². The van der Waals surface area contributed by atoms with E-state index in [1.165, 1.54) is 31.4 Å². The van der Waals surface area contributed by atoms with Crippen molar-refractivity contribution in [3.63, 3.8) is 0 Å². The summed E-state index contributed by atoms with van der Waals surface area (Å²) in [5, 5.41) is 20.2. The number of anilines is 1. The van der Waals surface area contributed by atoms with Gasteiger partial charge in [0.1, 0.15) is 23.1 Å². The molecule has 1 aromatic heterocycles. The molecule has 7 aromatic rings. The highest BCUT2D eigenvalue weighted by atomic mass is 19.1. The number of nitrogens with one attached hydrogen (secondary N) is 3. The van der Waals surface area contributed by atoms with Gasteiger partial charge in [-0.05, 0) is 65.1 Å². The predicted molar refractivity (Wildman–Crippen MR) is 219 cm³/mol. The van der Waals surface area contributed by atoms with Crippen LogP contribution < -0.4 is 20.7 Å². The Bertz CT molecular complexity index is 2390. The van der Waals surface area contributed by atoms with Gasteiger partial charge in [-0.15, -0.1) is 0 Å². The number of aromatic hydroxyl groups is 1. The fourth-order valence-electron chi connectivity index (χ4n) is 7.17. The summed E-state index contributed by atoms with van der Waals surface area (Å²) in [6.07, 6.45) is -0.211. The van der Waals surface area contributed by atoms with Crippen LogP contribution in [0.2, 0.25) is 0 Å². The van der Waals surface area contributed by atoms with E-state index >= 15 is 0 Å². The van der Waals surface area contributed by atoms with Crippen molar-refractivity contribution in [3.05, 3.63) is 198 Å². The molecule has 1 heterocycles. The molecule has 0 spiro atoms. The van der Waals surface area contributed by atoms with Crippen molar-refractivity contribution in [2.75, 3.05) is 12.4 Å². The summed E-state index contributed by atoms with van der Waals surface area (Å²) >= 11 is 0. The number of para-hydroxylation sites is 1. The Morgan fingerprint density at radius 3 is 1.89 bits per heavy atom. The molecule has 0 saturated carbocycles. The molecule has 0 aliphatic carbocycles. The molecule has 0 unspecified atom stereocenters. The molecular formula is C47H41FN4O5. The zero-order valence-corrected chi connectivity index (χ0v) is 31.2. The Morgan fingerprint density at radius 2 is 1.32 bits per heavy atom. The second-order valence-corrected chi connectivity index (χ2v) is 13.6. The SMILES string of the molecule is COc1ccc(NC(=O)[C@H](CCC(=O)NC(c2ccccc2)(c2ccccc2)c2ccccc2)NC(=O)c2cc3ccccc3n2Cc2ccc(F)cc2)cc1O. The number of carbonyl (C=O) groups is 3. The summed E-state index contributed by atoms with van der Waals surface area (Å²) in [5.74, 6) is -1.82. The molecule has 6 aromatic carbocycles. The van der Waals surface area contributed by atoms with Crippen molar-refractivity contribution in [2.24, 2.45) is 0 Å². The van der Waals surface area contributed by atoms with E-state index < -0.39 is 23.4 Å². The highest BCUT2D eigenvalue weighted by Crippen LogP contribution is 2.37. The van der Waals surface area contributed by atoms with Crippen molar-refractivity contribution in [1.82, 2.24) is 15.2 Å². The van der Waals surface area contributed by atoms with Gasteiger partial charge < -0.3 is 30.4 Å². The van der Waals surface area contributed by atoms with E-state index in [1.807, 2.05) is 120 Å². The number of rotatable bonds is 14. The first-order chi connectivity index (χ1) is 27.7. The maximum atomic E-state index is 14.3. The van der Waals surface area contributed by atoms with E-state index in [0.29, 0.717) is 0 Å². The van der Waals surface area contributed by atoms with E-state index in [4.69, 9.17) is 4.74 Å². The van der Waals surface area contributed by atoms with Crippen LogP contribution >= 0.6 is 0 Å². The van der Waals surface area contributed by atoms with Gasteiger partial charge in [-0.1, -0.05) is 121 Å². The fraction of sp³-hybridized carbons (Fsp3) is 0.128. The first-order valence-electron chi connectivity index (χ1n) is 18.5. The number of carbonyl (C=O) groups excluding carboxylic acids is 3. The van der Waals surface area contributed by atoms with E-state index in [2.05, 4.69) is 16.0 Å². The summed E-state index contributed by atoms with van der Waals surface area (Å²) in [6.45, 7) is 0.265. The number of nitrogens with zero attached hydrogens (tertiary/aromatic N) is 1. The minimum Gasteiger partial charge on any atom is -0.504 e. The zero-order valence-electron chi connectivity index (χ0n) is 31.2. The normalized spacial score (nSPS) is 11.8. The van der Waals surface area contributed by atoms with Crippen molar-refractivity contribution in [2.45, 2.75) is 31.0 Å². The lowest BCUT2D eigenvalue weighted by Gasteiger charge is -2.37. The number of methoxy groups -OCH3 is 1. The third-order valence-electron chi connectivity index (χ3n) is 9.97. The molecule has 1 atom stereocenters. The van der Waals surface area contributed by atoms with Crippen LogP contribution in [0.3, 0.4) is 0 Å². The standard InChI is InChI=1S/C47H41FN4O5/c1-57-43-27-25-38(30-42(43)53)49-45(55)39(50-46(56)41-29-33-13-11-12-20-40(33)52(41)31-32-21-23-37(48)24-22-32)26-28-44(54)51-47(34-14-5-2-6-15-34,35-16-7-3-8-17-35)36-18-9-4-10-19-36/h2-25,27,29-30,39,53H,26,28,31H2,1H3,(H,49,55)(H,50,56)(H,51,54)/t39-/m0/s1. The molecule has 286 valence electrons. The first-order valence-corrected chi connectivity index (χ1v) is 18.5. The molecule has 0 aliphatic rings. The number of amides is 3. The molecule has 0 saturated heterocycles. The Morgan fingerprint density at radius 1 is 0.737 bits per heavy atom. The molecule has 9 nitrogen and oxygen atoms in total. The van der Waals surface area contributed by atoms with Crippen LogP contribution in [0.25, 0.3) is 10.9 Å². The van der Waals surface area contributed by atoms with Crippen molar-refractivity contribution < 1.29 is 28.6 Å². The number of hydrogen-bond donors (Lipinski definition) is 4. The van der Waals surface area contributed by atoms with Gasteiger partial charge in [0.15, 0.2) is 11.5 Å². The molecule has 7 rings (SSSR count). The van der Waals surface area contributed by atoms with Crippen LogP contribution in [0, 0.1) is 5.82 Å². The lowest BCUT2D eigenvalue weighted by molar-refractivity contribution is -0.123. The molecule has 0 bridgehead atoms. The number of halogens is 1. The van der Waals surface area contributed by atoms with E-state index in [0.717, 1.165) is 33.2 Å². The van der Waals surface area contributed by atoms with Crippen molar-refractivity contribution >= 4 is 34.3 Å². The second-order valence-electron chi connectivity index (χ2n) is 13.6. The van der Waals surface area contributed by atoms with Crippen LogP contribution in [0.15, 0.2) is 164 Å². The zero-order chi connectivity index (χ0) is 39.8. The average Bonchev–Trinajstić information content (AvgIpc) is 3.61. The smallest absolute Gasteiger partial charge is 0.268 e. The fourth-order valence-corrected chi connectivity index (χ4v) is 7.17. The first kappa shape index (κ1) is 38.1. The lowest BCUT2D eigenvalue weighted by atomic mass is 9.77. The molecule has 0 aliphatic heterocycles. The van der Waals surface area contributed by atoms with Gasteiger partial charge in [-0.3, -0.25) is 14.4 Å². The van der Waals surface area contributed by atoms with E-state index in [9.17, 15) is 23.9 Å². The van der Waals surface area contributed by atoms with Gasteiger partial charge in [0.05, 0.1) is 7.11 Å². The van der Waals surface area contributed by atoms with Gasteiger partial charge in [0.2, 0.25) is 11.8 Å². The molecule has 10 heteroatoms. The molecule has 3 amide bonds. The summed E-state index contributed by atoms with van der Waals surface area (Å²) in [4.78, 5) is 42.7. The third-order valence-corrected chi connectivity index (χ3v) is 9.97. The maximum Gasteiger partial charge on any atom is 0.268 e. The minimum absolute atomic E-state index is 0.0712. The molecule has 57 heavy (non-hydrogen) atoms. The third kappa shape index (κ3) is 8.40. The topological polar surface area (TPSA) is 122 Å². The average molecular weight is 761 g/mol. The van der Waals surface area contributed by atoms with Crippen molar-refractivity contribution in [3.8, 4) is 11.5 Å². The van der Waals surface area contributed by atoms with Crippen LogP contribution in [-0.4, -0.2) is 40.5 Å². The number of phenols is 1.